The van der Waals surface area contributed by atoms with Crippen molar-refractivity contribution in [1.82, 2.24) is 5.43 Å². The van der Waals surface area contributed by atoms with Crippen LogP contribution in [0.15, 0.2) is 54.6 Å². The fraction of sp³-hybridized carbons (Fsp3) is 0.200. The van der Waals surface area contributed by atoms with Gasteiger partial charge in [-0.3, -0.25) is 11.3 Å². The van der Waals surface area contributed by atoms with E-state index in [1.54, 1.807) is 12.1 Å². The summed E-state index contributed by atoms with van der Waals surface area (Å²) < 4.78 is 19.1. The lowest BCUT2D eigenvalue weighted by Gasteiger charge is -2.17. The van der Waals surface area contributed by atoms with Crippen molar-refractivity contribution in [3.05, 3.63) is 66.0 Å². The molecule has 0 saturated carbocycles. The van der Waals surface area contributed by atoms with E-state index in [-0.39, 0.29) is 11.9 Å². The van der Waals surface area contributed by atoms with Gasteiger partial charge in [0.2, 0.25) is 0 Å². The lowest BCUT2D eigenvalue weighted by atomic mass is 10.1. The number of hydrazine groups is 1. The Morgan fingerprint density at radius 2 is 1.74 bits per heavy atom. The molecule has 19 heavy (non-hydrogen) atoms. The molecular formula is C15H17FN2O. The Hall–Kier alpha value is -1.91. The Morgan fingerprint density at radius 3 is 2.42 bits per heavy atom. The van der Waals surface area contributed by atoms with Gasteiger partial charge in [0.15, 0.2) is 0 Å². The second kappa shape index (κ2) is 6.87. The summed E-state index contributed by atoms with van der Waals surface area (Å²) in [7, 11) is 0. The Morgan fingerprint density at radius 1 is 1.05 bits per heavy atom. The molecule has 3 nitrogen and oxygen atoms in total. The summed E-state index contributed by atoms with van der Waals surface area (Å²) >= 11 is 0. The lowest BCUT2D eigenvalue weighted by Crippen LogP contribution is -2.41. The van der Waals surface area contributed by atoms with Gasteiger partial charge in [-0.25, -0.2) is 4.39 Å². The molecule has 1 atom stereocenters. The summed E-state index contributed by atoms with van der Waals surface area (Å²) in [4.78, 5) is 0. The molecule has 0 aliphatic heterocycles. The topological polar surface area (TPSA) is 47.3 Å². The van der Waals surface area contributed by atoms with Gasteiger partial charge in [0.05, 0.1) is 6.04 Å². The first kappa shape index (κ1) is 13.5. The number of hydrogen-bond acceptors (Lipinski definition) is 3. The zero-order valence-electron chi connectivity index (χ0n) is 10.6. The third-order valence-corrected chi connectivity index (χ3v) is 2.85. The van der Waals surface area contributed by atoms with Crippen LogP contribution in [0.1, 0.15) is 5.56 Å². The molecule has 0 saturated heterocycles. The molecule has 2 rings (SSSR count). The van der Waals surface area contributed by atoms with Crippen molar-refractivity contribution in [3.63, 3.8) is 0 Å². The summed E-state index contributed by atoms with van der Waals surface area (Å²) in [5, 5.41) is 0. The average Bonchev–Trinajstić information content (AvgIpc) is 2.46. The van der Waals surface area contributed by atoms with Gasteiger partial charge in [-0.2, -0.15) is 0 Å². The molecule has 0 heterocycles. The standard InChI is InChI=1S/C15H17FN2O/c16-15-9-5-4-6-12(15)10-13(18-17)11-19-14-7-2-1-3-8-14/h1-9,13,18H,10-11,17H2. The van der Waals surface area contributed by atoms with Crippen LogP contribution < -0.4 is 16.0 Å². The smallest absolute Gasteiger partial charge is 0.126 e. The molecule has 100 valence electrons. The molecule has 0 fully saturated rings. The first-order valence-corrected chi connectivity index (χ1v) is 6.17. The number of ether oxygens (including phenoxy) is 1. The molecular weight excluding hydrogens is 243 g/mol. The van der Waals surface area contributed by atoms with E-state index < -0.39 is 0 Å². The van der Waals surface area contributed by atoms with Gasteiger partial charge < -0.3 is 4.74 Å². The highest BCUT2D eigenvalue weighted by Crippen LogP contribution is 2.12. The third-order valence-electron chi connectivity index (χ3n) is 2.85. The van der Waals surface area contributed by atoms with Gasteiger partial charge in [0.1, 0.15) is 18.2 Å². The van der Waals surface area contributed by atoms with Crippen molar-refractivity contribution in [1.29, 1.82) is 0 Å². The quantitative estimate of drug-likeness (QED) is 0.619. The lowest BCUT2D eigenvalue weighted by molar-refractivity contribution is 0.263. The number of rotatable bonds is 6. The van der Waals surface area contributed by atoms with Crippen LogP contribution in [-0.4, -0.2) is 12.6 Å². The number of nitrogens with two attached hydrogens (primary N) is 1. The second-order valence-corrected chi connectivity index (χ2v) is 4.28. The maximum atomic E-state index is 13.5. The molecule has 0 radical (unpaired) electrons. The van der Waals surface area contributed by atoms with Crippen LogP contribution in [0.2, 0.25) is 0 Å². The molecule has 2 aromatic rings. The monoisotopic (exact) mass is 260 g/mol. The normalized spacial score (nSPS) is 12.1. The fourth-order valence-corrected chi connectivity index (χ4v) is 1.81. The van der Waals surface area contributed by atoms with E-state index in [0.29, 0.717) is 18.6 Å². The fourth-order valence-electron chi connectivity index (χ4n) is 1.81. The molecule has 1 unspecified atom stereocenters. The van der Waals surface area contributed by atoms with Gasteiger partial charge in [0, 0.05) is 0 Å². The third kappa shape index (κ3) is 4.05. The molecule has 0 aromatic heterocycles. The van der Waals surface area contributed by atoms with Gasteiger partial charge in [-0.05, 0) is 30.2 Å². The highest BCUT2D eigenvalue weighted by molar-refractivity contribution is 5.21. The van der Waals surface area contributed by atoms with Crippen molar-refractivity contribution in [2.45, 2.75) is 12.5 Å². The predicted octanol–water partition coefficient (Wildman–Crippen LogP) is 2.28. The highest BCUT2D eigenvalue weighted by atomic mass is 19.1. The highest BCUT2D eigenvalue weighted by Gasteiger charge is 2.11. The molecule has 0 aliphatic carbocycles. The van der Waals surface area contributed by atoms with Crippen LogP contribution in [0.25, 0.3) is 0 Å². The maximum Gasteiger partial charge on any atom is 0.126 e. The van der Waals surface area contributed by atoms with Crippen molar-refractivity contribution < 1.29 is 9.13 Å². The van der Waals surface area contributed by atoms with Crippen LogP contribution >= 0.6 is 0 Å². The van der Waals surface area contributed by atoms with Crippen molar-refractivity contribution in [2.24, 2.45) is 5.84 Å². The number of halogens is 1. The van der Waals surface area contributed by atoms with Gasteiger partial charge >= 0.3 is 0 Å². The molecule has 0 spiro atoms. The van der Waals surface area contributed by atoms with E-state index in [4.69, 9.17) is 10.6 Å². The number of nitrogens with one attached hydrogen (secondary N) is 1. The minimum atomic E-state index is -0.220. The summed E-state index contributed by atoms with van der Waals surface area (Å²) in [6.45, 7) is 0.384. The van der Waals surface area contributed by atoms with Crippen LogP contribution in [-0.2, 0) is 6.42 Å². The summed E-state index contributed by atoms with van der Waals surface area (Å²) in [5.41, 5.74) is 3.28. The van der Waals surface area contributed by atoms with Gasteiger partial charge in [0.25, 0.3) is 0 Å². The molecule has 0 amide bonds. The summed E-state index contributed by atoms with van der Waals surface area (Å²) in [6, 6.07) is 16.0. The van der Waals surface area contributed by atoms with Crippen molar-refractivity contribution in [2.75, 3.05) is 6.61 Å². The first-order valence-electron chi connectivity index (χ1n) is 6.17. The van der Waals surface area contributed by atoms with Gasteiger partial charge in [-0.1, -0.05) is 36.4 Å². The first-order chi connectivity index (χ1) is 9.29. The Kier molecular flexibility index (Phi) is 4.89. The summed E-state index contributed by atoms with van der Waals surface area (Å²) in [5.74, 6) is 6.04. The Labute approximate surface area is 112 Å². The van der Waals surface area contributed by atoms with E-state index in [2.05, 4.69) is 5.43 Å². The largest absolute Gasteiger partial charge is 0.492 e. The second-order valence-electron chi connectivity index (χ2n) is 4.28. The SMILES string of the molecule is NNC(COc1ccccc1)Cc1ccccc1F. The minimum absolute atomic E-state index is 0.142. The number of para-hydroxylation sites is 1. The molecule has 2 aromatic carbocycles. The number of hydrogen-bond donors (Lipinski definition) is 2. The van der Waals surface area contributed by atoms with Crippen LogP contribution in [0.3, 0.4) is 0 Å². The van der Waals surface area contributed by atoms with Crippen molar-refractivity contribution in [3.8, 4) is 5.75 Å². The maximum absolute atomic E-state index is 13.5. The zero-order chi connectivity index (χ0) is 13.5. The predicted molar refractivity (Wildman–Crippen MR) is 73.2 cm³/mol. The summed E-state index contributed by atoms with van der Waals surface area (Å²) in [6.07, 6.45) is 0.482. The Balaban J connectivity index is 1.92. The molecule has 4 heteroatoms. The minimum Gasteiger partial charge on any atom is -0.492 e. The van der Waals surface area contributed by atoms with E-state index >= 15 is 0 Å². The van der Waals surface area contributed by atoms with Gasteiger partial charge in [-0.15, -0.1) is 0 Å². The van der Waals surface area contributed by atoms with E-state index in [1.165, 1.54) is 6.07 Å². The molecule has 0 aliphatic rings. The van der Waals surface area contributed by atoms with Crippen LogP contribution in [0, 0.1) is 5.82 Å². The van der Waals surface area contributed by atoms with Crippen LogP contribution in [0.4, 0.5) is 4.39 Å². The van der Waals surface area contributed by atoms with Crippen molar-refractivity contribution >= 4 is 0 Å². The average molecular weight is 260 g/mol. The van der Waals surface area contributed by atoms with E-state index in [9.17, 15) is 4.39 Å². The van der Waals surface area contributed by atoms with E-state index in [1.807, 2.05) is 36.4 Å². The molecule has 3 N–H and O–H groups in total. The van der Waals surface area contributed by atoms with E-state index in [0.717, 1.165) is 5.75 Å². The zero-order valence-corrected chi connectivity index (χ0v) is 10.6. The number of benzene rings is 2. The van der Waals surface area contributed by atoms with Crippen LogP contribution in [0.5, 0.6) is 5.75 Å². The Bertz CT molecular complexity index is 505. The molecule has 0 bridgehead atoms.